The van der Waals surface area contributed by atoms with Crippen molar-refractivity contribution in [2.75, 3.05) is 13.2 Å². The second-order valence-corrected chi connectivity index (χ2v) is 3.80. The largest absolute Gasteiger partial charge is 0.499 e. The average Bonchev–Trinajstić information content (AvgIpc) is 2.66. The van der Waals surface area contributed by atoms with Crippen molar-refractivity contribution in [1.29, 1.82) is 0 Å². The van der Waals surface area contributed by atoms with Crippen LogP contribution in [0, 0.1) is 11.8 Å². The number of hydrogen-bond acceptors (Lipinski definition) is 3. The molecule has 1 aliphatic carbocycles. The summed E-state index contributed by atoms with van der Waals surface area (Å²) in [7, 11) is 0. The van der Waals surface area contributed by atoms with Crippen LogP contribution in [-0.2, 0) is 14.3 Å². The van der Waals surface area contributed by atoms with E-state index in [-0.39, 0.29) is 17.8 Å². The third-order valence-electron chi connectivity index (χ3n) is 2.85. The van der Waals surface area contributed by atoms with Crippen molar-refractivity contribution >= 4 is 5.97 Å². The second kappa shape index (κ2) is 5.79. The molecule has 2 unspecified atom stereocenters. The van der Waals surface area contributed by atoms with Gasteiger partial charge in [0.1, 0.15) is 0 Å². The highest BCUT2D eigenvalue weighted by Gasteiger charge is 2.36. The smallest absolute Gasteiger partial charge is 0.309 e. The van der Waals surface area contributed by atoms with Crippen molar-refractivity contribution < 1.29 is 14.3 Å². The number of ether oxygens (including phenoxy) is 2. The maximum absolute atomic E-state index is 11.6. The molecule has 0 N–H and O–H groups in total. The van der Waals surface area contributed by atoms with Crippen LogP contribution in [0.4, 0.5) is 0 Å². The Morgan fingerprint density at radius 2 is 1.80 bits per heavy atom. The first-order chi connectivity index (χ1) is 7.20. The van der Waals surface area contributed by atoms with Gasteiger partial charge in [0.2, 0.25) is 0 Å². The van der Waals surface area contributed by atoms with Gasteiger partial charge >= 0.3 is 5.97 Å². The lowest BCUT2D eigenvalue weighted by Gasteiger charge is -2.20. The van der Waals surface area contributed by atoms with Crippen LogP contribution in [-0.4, -0.2) is 19.2 Å². The maximum atomic E-state index is 11.6. The number of hydrogen-bond donors (Lipinski definition) is 0. The summed E-state index contributed by atoms with van der Waals surface area (Å²) in [5, 5.41) is 0. The summed E-state index contributed by atoms with van der Waals surface area (Å²) in [6, 6.07) is 0. The highest BCUT2D eigenvalue weighted by atomic mass is 16.5. The molecule has 1 rings (SSSR count). The van der Waals surface area contributed by atoms with Gasteiger partial charge in [-0.15, -0.1) is 0 Å². The van der Waals surface area contributed by atoms with Crippen molar-refractivity contribution in [2.45, 2.75) is 33.1 Å². The highest BCUT2D eigenvalue weighted by Crippen LogP contribution is 2.37. The molecule has 1 aliphatic rings. The van der Waals surface area contributed by atoms with E-state index in [1.807, 2.05) is 13.8 Å². The van der Waals surface area contributed by atoms with Gasteiger partial charge in [-0.3, -0.25) is 4.79 Å². The monoisotopic (exact) mass is 212 g/mol. The first-order valence-electron chi connectivity index (χ1n) is 5.68. The standard InChI is InChI=1S/C12H20O3/c1-4-14-9(3)10-7-6-8-11(10)12(13)15-5-2/h10-11H,3-8H2,1-2H3. The van der Waals surface area contributed by atoms with Crippen LogP contribution in [0.5, 0.6) is 0 Å². The molecule has 0 aromatic carbocycles. The molecule has 0 saturated heterocycles. The van der Waals surface area contributed by atoms with Crippen molar-refractivity contribution in [3.63, 3.8) is 0 Å². The highest BCUT2D eigenvalue weighted by molar-refractivity contribution is 5.73. The summed E-state index contributed by atoms with van der Waals surface area (Å²) < 4.78 is 10.4. The van der Waals surface area contributed by atoms with Crippen LogP contribution in [0.2, 0.25) is 0 Å². The molecule has 0 aromatic heterocycles. The van der Waals surface area contributed by atoms with Crippen molar-refractivity contribution in [2.24, 2.45) is 11.8 Å². The molecule has 3 heteroatoms. The van der Waals surface area contributed by atoms with E-state index in [0.29, 0.717) is 13.2 Å². The predicted octanol–water partition coefficient (Wildman–Crippen LogP) is 2.52. The minimum atomic E-state index is -0.0964. The first kappa shape index (κ1) is 12.1. The van der Waals surface area contributed by atoms with Crippen LogP contribution in [0.15, 0.2) is 12.3 Å². The molecular weight excluding hydrogens is 192 g/mol. The summed E-state index contributed by atoms with van der Waals surface area (Å²) in [5.41, 5.74) is 0. The van der Waals surface area contributed by atoms with Gasteiger partial charge in [0, 0.05) is 5.92 Å². The number of carbonyl (C=O) groups is 1. The lowest BCUT2D eigenvalue weighted by atomic mass is 9.95. The third-order valence-corrected chi connectivity index (χ3v) is 2.85. The number of allylic oxidation sites excluding steroid dienone is 1. The summed E-state index contributed by atoms with van der Waals surface area (Å²) in [6.45, 7) is 8.72. The Labute approximate surface area is 91.4 Å². The van der Waals surface area contributed by atoms with E-state index in [4.69, 9.17) is 9.47 Å². The number of esters is 1. The zero-order chi connectivity index (χ0) is 11.3. The van der Waals surface area contributed by atoms with Gasteiger partial charge in [-0.25, -0.2) is 0 Å². The zero-order valence-electron chi connectivity index (χ0n) is 9.62. The Morgan fingerprint density at radius 3 is 2.40 bits per heavy atom. The Morgan fingerprint density at radius 1 is 1.20 bits per heavy atom. The lowest BCUT2D eigenvalue weighted by molar-refractivity contribution is -0.149. The number of rotatable bonds is 5. The summed E-state index contributed by atoms with van der Waals surface area (Å²) in [5.74, 6) is 0.766. The summed E-state index contributed by atoms with van der Waals surface area (Å²) in [6.07, 6.45) is 2.94. The van der Waals surface area contributed by atoms with Crippen LogP contribution < -0.4 is 0 Å². The molecule has 86 valence electrons. The molecule has 2 atom stereocenters. The minimum absolute atomic E-state index is 0.0380. The molecule has 0 aliphatic heterocycles. The Balaban J connectivity index is 2.56. The fraction of sp³-hybridized carbons (Fsp3) is 0.750. The van der Waals surface area contributed by atoms with E-state index in [1.54, 1.807) is 0 Å². The molecule has 15 heavy (non-hydrogen) atoms. The molecule has 0 aromatic rings. The summed E-state index contributed by atoms with van der Waals surface area (Å²) >= 11 is 0. The van der Waals surface area contributed by atoms with E-state index in [2.05, 4.69) is 6.58 Å². The van der Waals surface area contributed by atoms with E-state index < -0.39 is 0 Å². The van der Waals surface area contributed by atoms with Crippen LogP contribution >= 0.6 is 0 Å². The summed E-state index contributed by atoms with van der Waals surface area (Å²) in [4.78, 5) is 11.6. The van der Waals surface area contributed by atoms with Gasteiger partial charge in [0.05, 0.1) is 24.9 Å². The fourth-order valence-electron chi connectivity index (χ4n) is 2.17. The minimum Gasteiger partial charge on any atom is -0.499 e. The normalized spacial score (nSPS) is 24.9. The quantitative estimate of drug-likeness (QED) is 0.519. The van der Waals surface area contributed by atoms with Crippen molar-refractivity contribution in [3.8, 4) is 0 Å². The second-order valence-electron chi connectivity index (χ2n) is 3.80. The molecule has 1 saturated carbocycles. The van der Waals surface area contributed by atoms with Gasteiger partial charge in [-0.2, -0.15) is 0 Å². The molecule has 0 spiro atoms. The molecular formula is C12H20O3. The predicted molar refractivity (Wildman–Crippen MR) is 58.2 cm³/mol. The maximum Gasteiger partial charge on any atom is 0.309 e. The van der Waals surface area contributed by atoms with Crippen LogP contribution in [0.1, 0.15) is 33.1 Å². The molecule has 3 nitrogen and oxygen atoms in total. The molecule has 0 radical (unpaired) electrons. The van der Waals surface area contributed by atoms with E-state index in [9.17, 15) is 4.79 Å². The Kier molecular flexibility index (Phi) is 4.66. The SMILES string of the molecule is C=C(OCC)C1CCCC1C(=O)OCC. The van der Waals surface area contributed by atoms with E-state index >= 15 is 0 Å². The lowest BCUT2D eigenvalue weighted by Crippen LogP contribution is -2.23. The van der Waals surface area contributed by atoms with E-state index in [1.165, 1.54) is 0 Å². The zero-order valence-corrected chi connectivity index (χ0v) is 9.62. The Hall–Kier alpha value is -0.990. The molecule has 0 bridgehead atoms. The van der Waals surface area contributed by atoms with Gasteiger partial charge in [0.25, 0.3) is 0 Å². The molecule has 1 fully saturated rings. The van der Waals surface area contributed by atoms with Gasteiger partial charge in [-0.1, -0.05) is 13.0 Å². The Bertz CT molecular complexity index is 211. The van der Waals surface area contributed by atoms with Crippen LogP contribution in [0.3, 0.4) is 0 Å². The van der Waals surface area contributed by atoms with Gasteiger partial charge in [0.15, 0.2) is 0 Å². The third kappa shape index (κ3) is 2.98. The van der Waals surface area contributed by atoms with Gasteiger partial charge in [-0.05, 0) is 26.7 Å². The van der Waals surface area contributed by atoms with Crippen LogP contribution in [0.25, 0.3) is 0 Å². The number of carbonyl (C=O) groups excluding carboxylic acids is 1. The van der Waals surface area contributed by atoms with E-state index in [0.717, 1.165) is 25.0 Å². The topological polar surface area (TPSA) is 35.5 Å². The average molecular weight is 212 g/mol. The molecule has 0 amide bonds. The fourth-order valence-corrected chi connectivity index (χ4v) is 2.17. The van der Waals surface area contributed by atoms with Gasteiger partial charge < -0.3 is 9.47 Å². The first-order valence-corrected chi connectivity index (χ1v) is 5.68. The van der Waals surface area contributed by atoms with Crippen molar-refractivity contribution in [1.82, 2.24) is 0 Å². The molecule has 0 heterocycles. The van der Waals surface area contributed by atoms with Crippen molar-refractivity contribution in [3.05, 3.63) is 12.3 Å².